The highest BCUT2D eigenvalue weighted by atomic mass is 35.5. The number of benzene rings is 2. The van der Waals surface area contributed by atoms with Gasteiger partial charge in [0.05, 0.1) is 19.0 Å². The molecule has 0 atom stereocenters. The summed E-state index contributed by atoms with van der Waals surface area (Å²) in [5.74, 6) is -0.583. The van der Waals surface area contributed by atoms with E-state index >= 15 is 0 Å². The summed E-state index contributed by atoms with van der Waals surface area (Å²) in [5.41, 5.74) is 2.32. The monoisotopic (exact) mass is 447 g/mol. The van der Waals surface area contributed by atoms with Crippen LogP contribution in [0.3, 0.4) is 0 Å². The molecule has 2 aromatic carbocycles. The number of carboxylic acid groups (broad SMARTS) is 1. The van der Waals surface area contributed by atoms with Gasteiger partial charge in [-0.05, 0) is 55.0 Å². The van der Waals surface area contributed by atoms with E-state index in [0.29, 0.717) is 38.5 Å². The Kier molecular flexibility index (Phi) is 13.3. The van der Waals surface area contributed by atoms with E-state index in [1.54, 1.807) is 56.5 Å². The molecule has 0 fully saturated rings. The quantitative estimate of drug-likeness (QED) is 0.572. The molecule has 0 amide bonds. The van der Waals surface area contributed by atoms with Crippen LogP contribution in [0.5, 0.6) is 5.75 Å². The Bertz CT molecular complexity index is 984. The molecule has 3 aromatic rings. The number of methoxy groups -OCH3 is 1. The SMILES string of the molecule is COc1ccc2c(c1)c(CC(=O)O)c(C)n2C(=O)c1ccc(Cl)cc1.O.O.O.O.O. The number of hydrogen-bond acceptors (Lipinski definition) is 3. The fourth-order valence-corrected chi connectivity index (χ4v) is 3.07. The minimum Gasteiger partial charge on any atom is -0.497 e. The highest BCUT2D eigenvalue weighted by Gasteiger charge is 2.21. The van der Waals surface area contributed by atoms with Crippen LogP contribution in [-0.2, 0) is 11.2 Å². The van der Waals surface area contributed by atoms with Crippen molar-refractivity contribution >= 4 is 34.4 Å². The number of halogens is 1. The Morgan fingerprint density at radius 3 is 2.07 bits per heavy atom. The first-order chi connectivity index (χ1) is 11.9. The summed E-state index contributed by atoms with van der Waals surface area (Å²) in [7, 11) is 1.54. The molecule has 1 heterocycles. The van der Waals surface area contributed by atoms with Crippen molar-refractivity contribution in [2.75, 3.05) is 7.11 Å². The van der Waals surface area contributed by atoms with Crippen LogP contribution in [-0.4, -0.2) is 56.0 Å². The summed E-state index contributed by atoms with van der Waals surface area (Å²) in [4.78, 5) is 24.3. The molecule has 0 aliphatic carbocycles. The lowest BCUT2D eigenvalue weighted by molar-refractivity contribution is -0.136. The summed E-state index contributed by atoms with van der Waals surface area (Å²) in [5, 5.41) is 10.5. The number of carbonyl (C=O) groups excluding carboxylic acids is 1. The fourth-order valence-electron chi connectivity index (χ4n) is 2.95. The van der Waals surface area contributed by atoms with Gasteiger partial charge in [-0.25, -0.2) is 0 Å². The topological polar surface area (TPSA) is 226 Å². The second-order valence-electron chi connectivity index (χ2n) is 5.67. The molecule has 0 unspecified atom stereocenters. The van der Waals surface area contributed by atoms with Crippen LogP contribution in [0.2, 0.25) is 5.02 Å². The number of rotatable bonds is 4. The lowest BCUT2D eigenvalue weighted by Crippen LogP contribution is -2.14. The van der Waals surface area contributed by atoms with Crippen LogP contribution in [0.4, 0.5) is 0 Å². The van der Waals surface area contributed by atoms with Gasteiger partial charge >= 0.3 is 5.97 Å². The molecule has 0 radical (unpaired) electrons. The molecule has 0 spiro atoms. The third kappa shape index (κ3) is 5.76. The number of aromatic nitrogens is 1. The molecule has 10 nitrogen and oxygen atoms in total. The Balaban J connectivity index is -0.00000146. The number of carboxylic acids is 1. The molecule has 30 heavy (non-hydrogen) atoms. The normalized spacial score (nSPS) is 9.03. The van der Waals surface area contributed by atoms with Gasteiger partial charge in [-0.3, -0.25) is 14.2 Å². The minimum absolute atomic E-state index is 0. The second kappa shape index (κ2) is 12.5. The average molecular weight is 448 g/mol. The summed E-state index contributed by atoms with van der Waals surface area (Å²) in [6, 6.07) is 11.9. The van der Waals surface area contributed by atoms with Gasteiger partial charge in [-0.15, -0.1) is 0 Å². The zero-order valence-electron chi connectivity index (χ0n) is 16.2. The molecule has 11 N–H and O–H groups in total. The first-order valence-electron chi connectivity index (χ1n) is 7.62. The Morgan fingerprint density at radius 1 is 1.00 bits per heavy atom. The standard InChI is InChI=1S/C19H16ClNO4.5H2O/c1-11-15(10-18(22)23)16-9-14(25-2)7-8-17(16)21(11)19(24)12-3-5-13(20)6-4-12;;;;;/h3-9H,10H2,1-2H3,(H,22,23);5*1H2. The van der Waals surface area contributed by atoms with Gasteiger partial charge in [0, 0.05) is 21.7 Å². The minimum atomic E-state index is -0.955. The van der Waals surface area contributed by atoms with Crippen LogP contribution < -0.4 is 4.74 Å². The van der Waals surface area contributed by atoms with Gasteiger partial charge in [0.15, 0.2) is 0 Å². The summed E-state index contributed by atoms with van der Waals surface area (Å²) in [6.07, 6.45) is -0.170. The van der Waals surface area contributed by atoms with Crippen LogP contribution in [0.25, 0.3) is 10.9 Å². The molecule has 0 saturated heterocycles. The number of carbonyl (C=O) groups is 2. The smallest absolute Gasteiger partial charge is 0.307 e. The van der Waals surface area contributed by atoms with Crippen molar-refractivity contribution in [3.8, 4) is 5.75 Å². The molecule has 3 rings (SSSR count). The lowest BCUT2D eigenvalue weighted by Gasteiger charge is -2.08. The van der Waals surface area contributed by atoms with E-state index in [2.05, 4.69) is 0 Å². The predicted octanol–water partition coefficient (Wildman–Crippen LogP) is -0.196. The number of hydrogen-bond donors (Lipinski definition) is 1. The van der Waals surface area contributed by atoms with Gasteiger partial charge in [-0.2, -0.15) is 0 Å². The van der Waals surface area contributed by atoms with Gasteiger partial charge in [0.1, 0.15) is 5.75 Å². The molecular formula is C19H26ClNO9. The maximum atomic E-state index is 13.0. The molecule has 11 heteroatoms. The average Bonchev–Trinajstić information content (AvgIpc) is 2.86. The molecule has 0 bridgehead atoms. The van der Waals surface area contributed by atoms with Crippen LogP contribution in [0.1, 0.15) is 21.6 Å². The van der Waals surface area contributed by atoms with Crippen molar-refractivity contribution in [2.24, 2.45) is 0 Å². The first kappa shape index (κ1) is 31.7. The zero-order valence-corrected chi connectivity index (χ0v) is 17.0. The molecule has 1 aromatic heterocycles. The highest BCUT2D eigenvalue weighted by Crippen LogP contribution is 2.30. The Hall–Kier alpha value is -2.99. The largest absolute Gasteiger partial charge is 0.497 e. The summed E-state index contributed by atoms with van der Waals surface area (Å²) in [6.45, 7) is 1.75. The fraction of sp³-hybridized carbons (Fsp3) is 0.158. The van der Waals surface area contributed by atoms with E-state index in [1.807, 2.05) is 0 Å². The molecule has 168 valence electrons. The van der Waals surface area contributed by atoms with Crippen molar-refractivity contribution in [3.63, 3.8) is 0 Å². The highest BCUT2D eigenvalue weighted by molar-refractivity contribution is 6.30. The Labute approximate surface area is 176 Å². The maximum absolute atomic E-state index is 13.0. The van der Waals surface area contributed by atoms with Crippen molar-refractivity contribution in [1.29, 1.82) is 0 Å². The van der Waals surface area contributed by atoms with Crippen molar-refractivity contribution in [3.05, 3.63) is 64.3 Å². The molecule has 0 aliphatic heterocycles. The lowest BCUT2D eigenvalue weighted by atomic mass is 10.1. The number of ether oxygens (including phenoxy) is 1. The van der Waals surface area contributed by atoms with Gasteiger partial charge in [0.2, 0.25) is 0 Å². The Morgan fingerprint density at radius 2 is 1.57 bits per heavy atom. The molecule has 0 aliphatic rings. The van der Waals surface area contributed by atoms with Gasteiger partial charge in [-0.1, -0.05) is 11.6 Å². The molecule has 0 saturated carbocycles. The van der Waals surface area contributed by atoms with Crippen molar-refractivity contribution < 1.29 is 46.8 Å². The number of aliphatic carboxylic acids is 1. The van der Waals surface area contributed by atoms with E-state index < -0.39 is 5.97 Å². The first-order valence-corrected chi connectivity index (χ1v) is 8.00. The van der Waals surface area contributed by atoms with Crippen molar-refractivity contribution in [2.45, 2.75) is 13.3 Å². The predicted molar refractivity (Wildman–Crippen MR) is 114 cm³/mol. The van der Waals surface area contributed by atoms with Crippen LogP contribution in [0.15, 0.2) is 42.5 Å². The summed E-state index contributed by atoms with van der Waals surface area (Å²) < 4.78 is 6.77. The van der Waals surface area contributed by atoms with E-state index in [-0.39, 0.29) is 39.7 Å². The molecular weight excluding hydrogens is 422 g/mol. The third-order valence-electron chi connectivity index (χ3n) is 4.16. The van der Waals surface area contributed by atoms with E-state index in [1.165, 1.54) is 4.57 Å². The van der Waals surface area contributed by atoms with E-state index in [0.717, 1.165) is 0 Å². The van der Waals surface area contributed by atoms with Crippen LogP contribution >= 0.6 is 11.6 Å². The van der Waals surface area contributed by atoms with Crippen LogP contribution in [0, 0.1) is 6.92 Å². The van der Waals surface area contributed by atoms with Crippen molar-refractivity contribution in [1.82, 2.24) is 4.57 Å². The van der Waals surface area contributed by atoms with Gasteiger partial charge in [0.25, 0.3) is 5.91 Å². The van der Waals surface area contributed by atoms with Gasteiger partial charge < -0.3 is 37.2 Å². The number of nitrogens with zero attached hydrogens (tertiary/aromatic N) is 1. The number of fused-ring (bicyclic) bond motifs is 1. The van der Waals surface area contributed by atoms with E-state index in [9.17, 15) is 14.7 Å². The zero-order chi connectivity index (χ0) is 18.1. The van der Waals surface area contributed by atoms with E-state index in [4.69, 9.17) is 16.3 Å². The second-order valence-corrected chi connectivity index (χ2v) is 6.10. The maximum Gasteiger partial charge on any atom is 0.307 e. The third-order valence-corrected chi connectivity index (χ3v) is 4.42. The summed E-state index contributed by atoms with van der Waals surface area (Å²) >= 11 is 5.89.